The zero-order valence-electron chi connectivity index (χ0n) is 11.6. The van der Waals surface area contributed by atoms with E-state index in [-0.39, 0.29) is 18.3 Å². The molecule has 114 valence electrons. The maximum Gasteiger partial charge on any atom is 0.323 e. The Morgan fingerprint density at radius 3 is 2.67 bits per heavy atom. The molecule has 1 atom stereocenters. The van der Waals surface area contributed by atoms with Gasteiger partial charge in [-0.2, -0.15) is 0 Å². The Hall–Kier alpha value is -1.30. The summed E-state index contributed by atoms with van der Waals surface area (Å²) in [4.78, 5) is 25.8. The standard InChI is InChI=1S/C14H16Cl2N2O3/c1-2-18-3-4-21-14(20)12(18)8-13(19)17-11-6-9(15)5-10(16)7-11/h5-7,12H,2-4,8H2,1H3,(H,17,19)/t12-/m0/s1. The first kappa shape index (κ1) is 16.1. The number of halogens is 2. The smallest absolute Gasteiger partial charge is 0.323 e. The van der Waals surface area contributed by atoms with Crippen molar-refractivity contribution in [3.05, 3.63) is 28.2 Å². The molecule has 1 saturated heterocycles. The number of carbonyl (C=O) groups is 2. The monoisotopic (exact) mass is 330 g/mol. The molecule has 1 aromatic carbocycles. The van der Waals surface area contributed by atoms with Crippen molar-refractivity contribution in [3.8, 4) is 0 Å². The van der Waals surface area contributed by atoms with Crippen LogP contribution in [0.2, 0.25) is 10.0 Å². The van der Waals surface area contributed by atoms with E-state index in [2.05, 4.69) is 5.32 Å². The lowest BCUT2D eigenvalue weighted by Crippen LogP contribution is -2.50. The topological polar surface area (TPSA) is 58.6 Å². The summed E-state index contributed by atoms with van der Waals surface area (Å²) in [5.41, 5.74) is 0.504. The highest BCUT2D eigenvalue weighted by Crippen LogP contribution is 2.23. The number of morpholine rings is 1. The van der Waals surface area contributed by atoms with Crippen LogP contribution in [0, 0.1) is 0 Å². The molecule has 2 rings (SSSR count). The van der Waals surface area contributed by atoms with Gasteiger partial charge in [-0.05, 0) is 24.7 Å². The van der Waals surface area contributed by atoms with E-state index in [1.54, 1.807) is 18.2 Å². The molecule has 1 aliphatic rings. The maximum absolute atomic E-state index is 12.1. The number of esters is 1. The summed E-state index contributed by atoms with van der Waals surface area (Å²) in [6, 6.07) is 4.23. The fourth-order valence-electron chi connectivity index (χ4n) is 2.27. The van der Waals surface area contributed by atoms with Crippen LogP contribution in [0.1, 0.15) is 13.3 Å². The largest absolute Gasteiger partial charge is 0.463 e. The summed E-state index contributed by atoms with van der Waals surface area (Å²) >= 11 is 11.8. The van der Waals surface area contributed by atoms with E-state index in [0.29, 0.717) is 35.4 Å². The third kappa shape index (κ3) is 4.33. The van der Waals surface area contributed by atoms with Crippen molar-refractivity contribution >= 4 is 40.8 Å². The van der Waals surface area contributed by atoms with Crippen molar-refractivity contribution in [1.82, 2.24) is 4.90 Å². The number of hydrogen-bond acceptors (Lipinski definition) is 4. The first-order valence-corrected chi connectivity index (χ1v) is 7.42. The van der Waals surface area contributed by atoms with Gasteiger partial charge in [0.1, 0.15) is 12.6 Å². The van der Waals surface area contributed by atoms with Crippen LogP contribution < -0.4 is 5.32 Å². The van der Waals surface area contributed by atoms with E-state index in [0.717, 1.165) is 0 Å². The molecule has 0 radical (unpaired) electrons. The summed E-state index contributed by atoms with van der Waals surface area (Å²) in [5.74, 6) is -0.641. The lowest BCUT2D eigenvalue weighted by molar-refractivity contribution is -0.158. The summed E-state index contributed by atoms with van der Waals surface area (Å²) in [6.07, 6.45) is 0.0385. The quantitative estimate of drug-likeness (QED) is 0.862. The number of ether oxygens (including phenoxy) is 1. The van der Waals surface area contributed by atoms with Gasteiger partial charge in [0.2, 0.25) is 5.91 Å². The fourth-order valence-corrected chi connectivity index (χ4v) is 2.80. The number of cyclic esters (lactones) is 1. The number of anilines is 1. The van der Waals surface area contributed by atoms with Gasteiger partial charge in [-0.3, -0.25) is 14.5 Å². The Morgan fingerprint density at radius 2 is 2.05 bits per heavy atom. The maximum atomic E-state index is 12.1. The minimum atomic E-state index is -0.543. The molecular formula is C14H16Cl2N2O3. The number of likely N-dealkylation sites (N-methyl/N-ethyl adjacent to an activating group) is 1. The van der Waals surface area contributed by atoms with Gasteiger partial charge in [0.25, 0.3) is 0 Å². The molecule has 0 saturated carbocycles. The molecule has 1 aromatic rings. The number of nitrogens with zero attached hydrogens (tertiary/aromatic N) is 1. The van der Waals surface area contributed by atoms with Gasteiger partial charge in [0.05, 0.1) is 6.42 Å². The average Bonchev–Trinajstić information content (AvgIpc) is 2.39. The van der Waals surface area contributed by atoms with Gasteiger partial charge in [0.15, 0.2) is 0 Å². The van der Waals surface area contributed by atoms with E-state index in [1.807, 2.05) is 11.8 Å². The molecule has 1 aliphatic heterocycles. The lowest BCUT2D eigenvalue weighted by Gasteiger charge is -2.32. The predicted octanol–water partition coefficient (Wildman–Crippen LogP) is 2.57. The third-order valence-electron chi connectivity index (χ3n) is 3.27. The molecule has 0 aromatic heterocycles. The lowest BCUT2D eigenvalue weighted by atomic mass is 10.1. The third-order valence-corrected chi connectivity index (χ3v) is 3.70. The molecule has 1 heterocycles. The molecule has 0 aliphatic carbocycles. The van der Waals surface area contributed by atoms with Crippen LogP contribution in [0.15, 0.2) is 18.2 Å². The van der Waals surface area contributed by atoms with Crippen molar-refractivity contribution < 1.29 is 14.3 Å². The van der Waals surface area contributed by atoms with Crippen LogP contribution in [-0.2, 0) is 14.3 Å². The molecule has 0 unspecified atom stereocenters. The Morgan fingerprint density at radius 1 is 1.38 bits per heavy atom. The van der Waals surface area contributed by atoms with E-state index in [9.17, 15) is 9.59 Å². The number of rotatable bonds is 4. The minimum Gasteiger partial charge on any atom is -0.463 e. The van der Waals surface area contributed by atoms with E-state index in [4.69, 9.17) is 27.9 Å². The summed E-state index contributed by atoms with van der Waals surface area (Å²) in [6.45, 7) is 3.65. The average molecular weight is 331 g/mol. The predicted molar refractivity (Wildman–Crippen MR) is 81.7 cm³/mol. The van der Waals surface area contributed by atoms with Crippen LogP contribution in [-0.4, -0.2) is 42.5 Å². The second kappa shape index (κ2) is 7.11. The highest BCUT2D eigenvalue weighted by Gasteiger charge is 2.32. The molecule has 0 bridgehead atoms. The number of amides is 1. The molecule has 0 spiro atoms. The summed E-state index contributed by atoms with van der Waals surface area (Å²) < 4.78 is 5.01. The first-order chi connectivity index (χ1) is 9.99. The van der Waals surface area contributed by atoms with Crippen molar-refractivity contribution in [2.24, 2.45) is 0 Å². The second-order valence-corrected chi connectivity index (χ2v) is 5.60. The van der Waals surface area contributed by atoms with Gasteiger partial charge in [0, 0.05) is 22.3 Å². The number of hydrogen-bond donors (Lipinski definition) is 1. The van der Waals surface area contributed by atoms with Gasteiger partial charge < -0.3 is 10.1 Å². The van der Waals surface area contributed by atoms with Crippen molar-refractivity contribution in [2.75, 3.05) is 25.0 Å². The number of nitrogens with one attached hydrogen (secondary N) is 1. The zero-order valence-corrected chi connectivity index (χ0v) is 13.1. The second-order valence-electron chi connectivity index (χ2n) is 4.72. The van der Waals surface area contributed by atoms with E-state index < -0.39 is 6.04 Å². The van der Waals surface area contributed by atoms with Crippen molar-refractivity contribution in [3.63, 3.8) is 0 Å². The van der Waals surface area contributed by atoms with Gasteiger partial charge >= 0.3 is 5.97 Å². The van der Waals surface area contributed by atoms with E-state index >= 15 is 0 Å². The SMILES string of the molecule is CCN1CCOC(=O)[C@@H]1CC(=O)Nc1cc(Cl)cc(Cl)c1. The van der Waals surface area contributed by atoms with Crippen LogP contribution in [0.3, 0.4) is 0 Å². The molecule has 1 fully saturated rings. The summed E-state index contributed by atoms with van der Waals surface area (Å²) in [7, 11) is 0. The molecule has 21 heavy (non-hydrogen) atoms. The molecule has 5 nitrogen and oxygen atoms in total. The van der Waals surface area contributed by atoms with Crippen molar-refractivity contribution in [2.45, 2.75) is 19.4 Å². The zero-order chi connectivity index (χ0) is 15.4. The number of carbonyl (C=O) groups excluding carboxylic acids is 2. The molecular weight excluding hydrogens is 315 g/mol. The summed E-state index contributed by atoms with van der Waals surface area (Å²) in [5, 5.41) is 3.56. The molecule has 1 amide bonds. The van der Waals surface area contributed by atoms with Gasteiger partial charge in [-0.1, -0.05) is 30.1 Å². The Kier molecular flexibility index (Phi) is 5.45. The molecule has 7 heteroatoms. The highest BCUT2D eigenvalue weighted by molar-refractivity contribution is 6.35. The van der Waals surface area contributed by atoms with Crippen LogP contribution in [0.4, 0.5) is 5.69 Å². The normalized spacial score (nSPS) is 19.2. The van der Waals surface area contributed by atoms with E-state index in [1.165, 1.54) is 0 Å². The van der Waals surface area contributed by atoms with Crippen LogP contribution >= 0.6 is 23.2 Å². The Labute approximate surface area is 133 Å². The molecule has 1 N–H and O–H groups in total. The number of benzene rings is 1. The first-order valence-electron chi connectivity index (χ1n) is 6.66. The van der Waals surface area contributed by atoms with Crippen molar-refractivity contribution in [1.29, 1.82) is 0 Å². The van der Waals surface area contributed by atoms with Crippen LogP contribution in [0.25, 0.3) is 0 Å². The Bertz CT molecular complexity index is 531. The fraction of sp³-hybridized carbons (Fsp3) is 0.429. The van der Waals surface area contributed by atoms with Gasteiger partial charge in [-0.25, -0.2) is 0 Å². The highest BCUT2D eigenvalue weighted by atomic mass is 35.5. The Balaban J connectivity index is 2.01. The van der Waals surface area contributed by atoms with Crippen LogP contribution in [0.5, 0.6) is 0 Å². The minimum absolute atomic E-state index is 0.0385. The van der Waals surface area contributed by atoms with Gasteiger partial charge in [-0.15, -0.1) is 0 Å².